The molecule has 2 aromatic heterocycles. The van der Waals surface area contributed by atoms with Gasteiger partial charge < -0.3 is 9.64 Å². The van der Waals surface area contributed by atoms with Crippen LogP contribution >= 0.6 is 0 Å². The van der Waals surface area contributed by atoms with Crippen molar-refractivity contribution in [3.8, 4) is 0 Å². The third-order valence-electron chi connectivity index (χ3n) is 3.94. The minimum Gasteiger partial charge on any atom is -0.368 e. The number of hydrogen-bond acceptors (Lipinski definition) is 5. The number of H-pyrrole nitrogens is 1. The number of carbonyl (C=O) groups excluding carboxylic acids is 1. The summed E-state index contributed by atoms with van der Waals surface area (Å²) in [5.74, 6) is 0.0878. The molecule has 0 aromatic carbocycles. The van der Waals surface area contributed by atoms with E-state index in [1.165, 1.54) is 0 Å². The number of rotatable bonds is 3. The maximum absolute atomic E-state index is 12.5. The highest BCUT2D eigenvalue weighted by atomic mass is 16.5. The summed E-state index contributed by atoms with van der Waals surface area (Å²) in [7, 11) is 0. The van der Waals surface area contributed by atoms with E-state index in [9.17, 15) is 4.79 Å². The van der Waals surface area contributed by atoms with Crippen LogP contribution in [-0.2, 0) is 16.0 Å². The number of aryl methyl sites for hydroxylation is 2. The van der Waals surface area contributed by atoms with Crippen molar-refractivity contribution >= 4 is 5.91 Å². The first-order valence-electron chi connectivity index (χ1n) is 7.31. The second-order valence-electron chi connectivity index (χ2n) is 5.42. The summed E-state index contributed by atoms with van der Waals surface area (Å²) >= 11 is 0. The summed E-state index contributed by atoms with van der Waals surface area (Å²) < 4.78 is 5.71. The van der Waals surface area contributed by atoms with Gasteiger partial charge in [-0.15, -0.1) is 0 Å². The van der Waals surface area contributed by atoms with Crippen LogP contribution in [0, 0.1) is 13.8 Å². The summed E-state index contributed by atoms with van der Waals surface area (Å²) in [5, 5.41) is 7.05. The normalized spacial score (nSPS) is 18.5. The molecule has 0 saturated carbocycles. The van der Waals surface area contributed by atoms with Gasteiger partial charge >= 0.3 is 0 Å². The highest BCUT2D eigenvalue weighted by Gasteiger charge is 2.27. The zero-order chi connectivity index (χ0) is 15.5. The quantitative estimate of drug-likeness (QED) is 0.913. The molecule has 0 radical (unpaired) electrons. The van der Waals surface area contributed by atoms with Crippen LogP contribution in [0.1, 0.15) is 28.7 Å². The lowest BCUT2D eigenvalue weighted by Gasteiger charge is -2.32. The Morgan fingerprint density at radius 3 is 3.00 bits per heavy atom. The number of morpholine rings is 1. The number of aromatic amines is 1. The van der Waals surface area contributed by atoms with Gasteiger partial charge in [-0.1, -0.05) is 0 Å². The third kappa shape index (κ3) is 2.99. The smallest absolute Gasteiger partial charge is 0.227 e. The van der Waals surface area contributed by atoms with E-state index in [-0.39, 0.29) is 12.0 Å². The van der Waals surface area contributed by atoms with Gasteiger partial charge in [-0.05, 0) is 13.8 Å². The van der Waals surface area contributed by atoms with Crippen molar-refractivity contribution in [2.24, 2.45) is 0 Å². The van der Waals surface area contributed by atoms with Gasteiger partial charge in [-0.2, -0.15) is 5.10 Å². The third-order valence-corrected chi connectivity index (χ3v) is 3.94. The Labute approximate surface area is 128 Å². The van der Waals surface area contributed by atoms with Crippen molar-refractivity contribution in [1.82, 2.24) is 25.1 Å². The van der Waals surface area contributed by atoms with Gasteiger partial charge in [0.2, 0.25) is 5.91 Å². The lowest BCUT2D eigenvalue weighted by atomic mass is 10.1. The Morgan fingerprint density at radius 2 is 2.32 bits per heavy atom. The van der Waals surface area contributed by atoms with Crippen molar-refractivity contribution < 1.29 is 9.53 Å². The Kier molecular flexibility index (Phi) is 4.15. The Bertz CT molecular complexity index is 636. The van der Waals surface area contributed by atoms with Crippen LogP contribution in [-0.4, -0.2) is 50.7 Å². The molecule has 1 aliphatic heterocycles. The molecule has 3 rings (SSSR count). The van der Waals surface area contributed by atoms with Gasteiger partial charge in [0.15, 0.2) is 0 Å². The average Bonchev–Trinajstić information content (AvgIpc) is 2.88. The zero-order valence-electron chi connectivity index (χ0n) is 12.7. The van der Waals surface area contributed by atoms with Crippen molar-refractivity contribution in [3.63, 3.8) is 0 Å². The second-order valence-corrected chi connectivity index (χ2v) is 5.42. The molecule has 1 amide bonds. The van der Waals surface area contributed by atoms with E-state index in [2.05, 4.69) is 20.2 Å². The molecule has 22 heavy (non-hydrogen) atoms. The molecular formula is C15H19N5O2. The average molecular weight is 301 g/mol. The summed E-state index contributed by atoms with van der Waals surface area (Å²) in [6.45, 7) is 5.47. The monoisotopic (exact) mass is 301 g/mol. The van der Waals surface area contributed by atoms with E-state index in [0.717, 1.165) is 22.6 Å². The first-order chi connectivity index (χ1) is 10.6. The van der Waals surface area contributed by atoms with Crippen LogP contribution in [0.4, 0.5) is 0 Å². The minimum atomic E-state index is -0.210. The molecule has 1 unspecified atom stereocenters. The van der Waals surface area contributed by atoms with E-state index in [0.29, 0.717) is 26.1 Å². The fourth-order valence-corrected chi connectivity index (χ4v) is 2.63. The van der Waals surface area contributed by atoms with Gasteiger partial charge in [0.25, 0.3) is 0 Å². The first kappa shape index (κ1) is 14.6. The molecule has 0 bridgehead atoms. The van der Waals surface area contributed by atoms with Crippen LogP contribution in [0.2, 0.25) is 0 Å². The SMILES string of the molecule is Cc1n[nH]c(C)c1CC(=O)N1CCOC(c2cnccn2)C1. The molecule has 0 spiro atoms. The maximum atomic E-state index is 12.5. The van der Waals surface area contributed by atoms with E-state index >= 15 is 0 Å². The molecule has 1 aliphatic rings. The van der Waals surface area contributed by atoms with Crippen LogP contribution in [0.5, 0.6) is 0 Å². The number of nitrogens with one attached hydrogen (secondary N) is 1. The van der Waals surface area contributed by atoms with Gasteiger partial charge in [0.05, 0.1) is 37.2 Å². The summed E-state index contributed by atoms with van der Waals surface area (Å²) in [6, 6.07) is 0. The largest absolute Gasteiger partial charge is 0.368 e. The van der Waals surface area contributed by atoms with E-state index in [1.54, 1.807) is 18.6 Å². The zero-order valence-corrected chi connectivity index (χ0v) is 12.7. The fraction of sp³-hybridized carbons (Fsp3) is 0.467. The van der Waals surface area contributed by atoms with Crippen LogP contribution in [0.15, 0.2) is 18.6 Å². The highest BCUT2D eigenvalue weighted by Crippen LogP contribution is 2.21. The molecule has 0 aliphatic carbocycles. The predicted molar refractivity (Wildman–Crippen MR) is 79.1 cm³/mol. The molecular weight excluding hydrogens is 282 g/mol. The van der Waals surface area contributed by atoms with Gasteiger partial charge in [0, 0.05) is 30.2 Å². The molecule has 1 saturated heterocycles. The summed E-state index contributed by atoms with van der Waals surface area (Å²) in [6.07, 6.45) is 5.10. The molecule has 1 N–H and O–H groups in total. The molecule has 2 aromatic rings. The van der Waals surface area contributed by atoms with Crippen molar-refractivity contribution in [3.05, 3.63) is 41.2 Å². The van der Waals surface area contributed by atoms with Crippen molar-refractivity contribution in [2.45, 2.75) is 26.4 Å². The molecule has 7 nitrogen and oxygen atoms in total. The Balaban J connectivity index is 1.68. The van der Waals surface area contributed by atoms with Crippen LogP contribution in [0.3, 0.4) is 0 Å². The van der Waals surface area contributed by atoms with Gasteiger partial charge in [-0.3, -0.25) is 19.9 Å². The van der Waals surface area contributed by atoms with Gasteiger partial charge in [0.1, 0.15) is 6.10 Å². The minimum absolute atomic E-state index is 0.0878. The topological polar surface area (TPSA) is 84.0 Å². The Hall–Kier alpha value is -2.28. The number of hydrogen-bond donors (Lipinski definition) is 1. The number of ether oxygens (including phenoxy) is 1. The van der Waals surface area contributed by atoms with Crippen molar-refractivity contribution in [2.75, 3.05) is 19.7 Å². The van der Waals surface area contributed by atoms with Gasteiger partial charge in [-0.25, -0.2) is 0 Å². The summed E-state index contributed by atoms with van der Waals surface area (Å²) in [4.78, 5) is 22.7. The standard InChI is InChI=1S/C15H19N5O2/c1-10-12(11(2)19-18-10)7-15(21)20-5-6-22-14(9-20)13-8-16-3-4-17-13/h3-4,8,14H,5-7,9H2,1-2H3,(H,18,19). The summed E-state index contributed by atoms with van der Waals surface area (Å²) in [5.41, 5.74) is 3.57. The molecule has 1 fully saturated rings. The molecule has 3 heterocycles. The lowest BCUT2D eigenvalue weighted by molar-refractivity contribution is -0.138. The van der Waals surface area contributed by atoms with E-state index in [1.807, 2.05) is 18.7 Å². The lowest BCUT2D eigenvalue weighted by Crippen LogP contribution is -2.43. The van der Waals surface area contributed by atoms with Crippen molar-refractivity contribution in [1.29, 1.82) is 0 Å². The van der Waals surface area contributed by atoms with Crippen LogP contribution < -0.4 is 0 Å². The van der Waals surface area contributed by atoms with E-state index in [4.69, 9.17) is 4.74 Å². The highest BCUT2D eigenvalue weighted by molar-refractivity contribution is 5.79. The molecule has 7 heteroatoms. The Morgan fingerprint density at radius 1 is 1.45 bits per heavy atom. The molecule has 1 atom stereocenters. The maximum Gasteiger partial charge on any atom is 0.227 e. The fourth-order valence-electron chi connectivity index (χ4n) is 2.63. The van der Waals surface area contributed by atoms with Crippen LogP contribution in [0.25, 0.3) is 0 Å². The number of amides is 1. The van der Waals surface area contributed by atoms with E-state index < -0.39 is 0 Å². The second kappa shape index (κ2) is 6.23. The number of aromatic nitrogens is 4. The number of nitrogens with zero attached hydrogens (tertiary/aromatic N) is 4. The predicted octanol–water partition coefficient (Wildman–Crippen LogP) is 0.959. The number of carbonyl (C=O) groups is 1. The first-order valence-corrected chi connectivity index (χ1v) is 7.31. The molecule has 116 valence electrons.